The Morgan fingerprint density at radius 2 is 2.03 bits per heavy atom. The summed E-state index contributed by atoms with van der Waals surface area (Å²) in [5.74, 6) is 3.92. The molecule has 10 atom stereocenters. The number of nitrogens with zero attached hydrogens (tertiary/aromatic N) is 1. The third kappa shape index (κ3) is 2.97. The molecule has 6 heterocycles. The number of carbonyl (C=O) groups excluding carboxylic acids is 1. The molecule has 3 aliphatic carbocycles. The maximum absolute atomic E-state index is 13.0. The van der Waals surface area contributed by atoms with E-state index in [0.29, 0.717) is 40.7 Å². The minimum atomic E-state index is -0.671. The predicted molar refractivity (Wildman–Crippen MR) is 146 cm³/mol. The van der Waals surface area contributed by atoms with Gasteiger partial charge in [0.15, 0.2) is 11.5 Å². The van der Waals surface area contributed by atoms with Crippen LogP contribution >= 0.6 is 0 Å². The number of esters is 1. The number of ether oxygens (including phenoxy) is 3. The normalized spacial score (nSPS) is 49.7. The minimum Gasteiger partial charge on any atom is -0.492 e. The summed E-state index contributed by atoms with van der Waals surface area (Å²) in [6.45, 7) is 6.32. The molecule has 0 amide bonds. The molecule has 0 unspecified atom stereocenters. The molecule has 6 nitrogen and oxygen atoms in total. The Balaban J connectivity index is 1.25. The van der Waals surface area contributed by atoms with Crippen molar-refractivity contribution in [3.05, 3.63) is 58.5 Å². The molecule has 9 aliphatic rings. The Bertz CT molecular complexity index is 1300. The average molecular weight is 532 g/mol. The van der Waals surface area contributed by atoms with E-state index >= 15 is 0 Å². The highest BCUT2D eigenvalue weighted by molar-refractivity contribution is 5.93. The second-order valence-electron chi connectivity index (χ2n) is 13.8. The summed E-state index contributed by atoms with van der Waals surface area (Å²) in [4.78, 5) is 15.3. The zero-order valence-corrected chi connectivity index (χ0v) is 23.6. The molecule has 1 saturated carbocycles. The van der Waals surface area contributed by atoms with Crippen LogP contribution in [0.5, 0.6) is 0 Å². The fraction of sp³-hybridized carbons (Fsp3) is 0.667. The standard InChI is InChI=1S/C33H41NO5/c1-17-7-8-20-9-10-22-16-24-21-11-13-32(12-5-6-26(34(24)32)33(22,36)23(20)14-17)27-18(2)29(38-25(27)15-21)30-28(37-4)19(3)31(35)39-30/h8,11,13,15,17-18,21-24,26-27,36H,5-7,9-10,12,14,16H2,1-4H3/b30-29+/t17-,18-,21-,22-,23-,24-,26-,27-,32+,33-/m0/s1. The fourth-order valence-electron chi connectivity index (χ4n) is 10.4. The van der Waals surface area contributed by atoms with Gasteiger partial charge in [0.25, 0.3) is 0 Å². The van der Waals surface area contributed by atoms with Crippen molar-refractivity contribution in [3.63, 3.8) is 0 Å². The number of cyclic esters (lactones) is 1. The molecule has 3 saturated heterocycles. The van der Waals surface area contributed by atoms with Gasteiger partial charge < -0.3 is 19.3 Å². The first-order chi connectivity index (χ1) is 18.8. The average Bonchev–Trinajstić information content (AvgIpc) is 3.30. The highest BCUT2D eigenvalue weighted by Crippen LogP contribution is 2.64. The maximum Gasteiger partial charge on any atom is 0.343 e. The molecular formula is C33H41NO5. The van der Waals surface area contributed by atoms with Crippen LogP contribution in [-0.4, -0.2) is 46.3 Å². The van der Waals surface area contributed by atoms with Gasteiger partial charge in [-0.2, -0.15) is 0 Å². The summed E-state index contributed by atoms with van der Waals surface area (Å²) in [5.41, 5.74) is 1.13. The van der Waals surface area contributed by atoms with Gasteiger partial charge in [0.05, 0.1) is 23.8 Å². The van der Waals surface area contributed by atoms with Crippen molar-refractivity contribution in [1.82, 2.24) is 4.90 Å². The zero-order chi connectivity index (χ0) is 26.8. The van der Waals surface area contributed by atoms with E-state index in [2.05, 4.69) is 43.1 Å². The predicted octanol–water partition coefficient (Wildman–Crippen LogP) is 5.52. The lowest BCUT2D eigenvalue weighted by Crippen LogP contribution is -2.77. The molecule has 0 radical (unpaired) electrons. The van der Waals surface area contributed by atoms with E-state index in [1.54, 1.807) is 14.0 Å². The fourth-order valence-corrected chi connectivity index (χ4v) is 10.4. The second kappa shape index (κ2) is 8.13. The molecular weight excluding hydrogens is 490 g/mol. The van der Waals surface area contributed by atoms with Crippen LogP contribution < -0.4 is 0 Å². The lowest BCUT2D eigenvalue weighted by molar-refractivity contribution is -0.222. The first kappa shape index (κ1) is 24.5. The number of hydrogen-bond acceptors (Lipinski definition) is 6. The largest absolute Gasteiger partial charge is 0.492 e. The molecule has 9 rings (SSSR count). The van der Waals surface area contributed by atoms with E-state index in [-0.39, 0.29) is 41.2 Å². The number of hydrogen-bond donors (Lipinski definition) is 1. The molecule has 4 fully saturated rings. The number of piperidine rings is 2. The van der Waals surface area contributed by atoms with Gasteiger partial charge >= 0.3 is 5.97 Å². The summed E-state index contributed by atoms with van der Waals surface area (Å²) in [5, 5.41) is 13.0. The zero-order valence-electron chi connectivity index (χ0n) is 23.6. The summed E-state index contributed by atoms with van der Waals surface area (Å²) >= 11 is 0. The van der Waals surface area contributed by atoms with Crippen molar-refractivity contribution in [1.29, 1.82) is 0 Å². The van der Waals surface area contributed by atoms with E-state index < -0.39 is 5.60 Å². The molecule has 6 aliphatic heterocycles. The topological polar surface area (TPSA) is 68.2 Å². The molecule has 0 aromatic rings. The van der Waals surface area contributed by atoms with Gasteiger partial charge in [-0.05, 0) is 76.2 Å². The molecule has 1 N–H and O–H groups in total. The quantitative estimate of drug-likeness (QED) is 0.355. The summed E-state index contributed by atoms with van der Waals surface area (Å²) in [6, 6.07) is 0.544. The van der Waals surface area contributed by atoms with Crippen molar-refractivity contribution in [2.75, 3.05) is 7.11 Å². The highest BCUT2D eigenvalue weighted by atomic mass is 16.6. The monoisotopic (exact) mass is 531 g/mol. The molecule has 1 spiro atoms. The summed E-state index contributed by atoms with van der Waals surface area (Å²) in [6.07, 6.45) is 18.5. The van der Waals surface area contributed by atoms with Crippen molar-refractivity contribution in [3.8, 4) is 0 Å². The smallest absolute Gasteiger partial charge is 0.343 e. The van der Waals surface area contributed by atoms with Crippen LogP contribution in [0.1, 0.15) is 72.1 Å². The second-order valence-corrected chi connectivity index (χ2v) is 13.8. The first-order valence-electron chi connectivity index (χ1n) is 15.3. The van der Waals surface area contributed by atoms with Crippen LogP contribution in [0.3, 0.4) is 0 Å². The Labute approximate surface area is 231 Å². The van der Waals surface area contributed by atoms with Crippen LogP contribution in [0, 0.1) is 35.5 Å². The minimum absolute atomic E-state index is 0.0138. The number of carbonyl (C=O) groups is 1. The number of allylic oxidation sites excluding steroid dienone is 2. The molecule has 0 aromatic carbocycles. The molecule has 208 valence electrons. The molecule has 39 heavy (non-hydrogen) atoms. The maximum atomic E-state index is 13.0. The first-order valence-corrected chi connectivity index (χ1v) is 15.3. The number of rotatable bonds is 1. The Morgan fingerprint density at radius 1 is 1.18 bits per heavy atom. The van der Waals surface area contributed by atoms with Crippen molar-refractivity contribution in [2.24, 2.45) is 35.5 Å². The summed E-state index contributed by atoms with van der Waals surface area (Å²) in [7, 11) is 1.59. The molecule has 2 bridgehead atoms. The van der Waals surface area contributed by atoms with Crippen LogP contribution in [0.15, 0.2) is 58.5 Å². The Hall–Kier alpha value is -2.31. The van der Waals surface area contributed by atoms with Crippen molar-refractivity contribution >= 4 is 5.97 Å². The molecule has 0 aromatic heterocycles. The van der Waals surface area contributed by atoms with Gasteiger partial charge in [-0.3, -0.25) is 4.90 Å². The van der Waals surface area contributed by atoms with E-state index in [1.807, 2.05) is 0 Å². The number of fused-ring (bicyclic) bond motifs is 4. The SMILES string of the molecule is COC1=C(C)C(=O)O/C1=C1/OC2=C[C@@H]3C=C[C@]4(CCC[C@@H]5N4[C@H]3C[C@@H]3CCC4=CC[C@H](C)C[C@@H]4[C@@]35O)[C@H]2[C@@H]1C. The van der Waals surface area contributed by atoms with Crippen LogP contribution in [0.2, 0.25) is 0 Å². The van der Waals surface area contributed by atoms with E-state index in [1.165, 1.54) is 5.57 Å². The third-order valence-electron chi connectivity index (χ3n) is 12.0. The highest BCUT2D eigenvalue weighted by Gasteiger charge is 2.68. The van der Waals surface area contributed by atoms with Crippen LogP contribution in [-0.2, 0) is 19.0 Å². The van der Waals surface area contributed by atoms with Crippen molar-refractivity contribution < 1.29 is 24.1 Å². The third-order valence-corrected chi connectivity index (χ3v) is 12.0. The van der Waals surface area contributed by atoms with Crippen LogP contribution in [0.25, 0.3) is 0 Å². The van der Waals surface area contributed by atoms with E-state index in [0.717, 1.165) is 57.1 Å². The number of aliphatic hydroxyl groups is 1. The Kier molecular flexibility index (Phi) is 5.10. The number of methoxy groups -OCH3 is 1. The van der Waals surface area contributed by atoms with Gasteiger partial charge in [-0.25, -0.2) is 4.79 Å². The van der Waals surface area contributed by atoms with Gasteiger partial charge in [0.2, 0.25) is 5.76 Å². The van der Waals surface area contributed by atoms with Crippen molar-refractivity contribution in [2.45, 2.75) is 95.4 Å². The summed E-state index contributed by atoms with van der Waals surface area (Å²) < 4.78 is 18.0. The van der Waals surface area contributed by atoms with Gasteiger partial charge in [-0.15, -0.1) is 0 Å². The lowest BCUT2D eigenvalue weighted by atomic mass is 9.52. The van der Waals surface area contributed by atoms with E-state index in [9.17, 15) is 9.90 Å². The van der Waals surface area contributed by atoms with Gasteiger partial charge in [-0.1, -0.05) is 37.6 Å². The molecule has 6 heteroatoms. The van der Waals surface area contributed by atoms with Gasteiger partial charge in [0, 0.05) is 35.8 Å². The van der Waals surface area contributed by atoms with Crippen LogP contribution in [0.4, 0.5) is 0 Å². The lowest BCUT2D eigenvalue weighted by Gasteiger charge is -2.68. The van der Waals surface area contributed by atoms with Gasteiger partial charge in [0.1, 0.15) is 5.76 Å². The van der Waals surface area contributed by atoms with E-state index in [4.69, 9.17) is 14.2 Å². The Morgan fingerprint density at radius 3 is 2.85 bits per heavy atom.